The maximum Gasteiger partial charge on any atom is 0.0468 e. The van der Waals surface area contributed by atoms with Gasteiger partial charge in [-0.25, -0.2) is 0 Å². The van der Waals surface area contributed by atoms with Crippen molar-refractivity contribution in [3.8, 4) is 66.8 Å². The van der Waals surface area contributed by atoms with Gasteiger partial charge in [0.05, 0.1) is 0 Å². The molecule has 0 fully saturated rings. The molecule has 0 bridgehead atoms. The van der Waals surface area contributed by atoms with Crippen LogP contribution in [-0.4, -0.2) is 0 Å². The fourth-order valence-corrected chi connectivity index (χ4v) is 17.8. The number of rotatable bonds is 9. The molecule has 0 unspecified atom stereocenters. The predicted octanol–water partition coefficient (Wildman–Crippen LogP) is 26.3. The molecule has 0 saturated carbocycles. The molecule has 460 valence electrons. The van der Waals surface area contributed by atoms with Crippen LogP contribution in [0.15, 0.2) is 315 Å². The van der Waals surface area contributed by atoms with Crippen LogP contribution in [0.2, 0.25) is 0 Å². The van der Waals surface area contributed by atoms with Gasteiger partial charge in [0, 0.05) is 50.4 Å². The summed E-state index contributed by atoms with van der Waals surface area (Å²) in [5.74, 6) is 0. The van der Waals surface area contributed by atoms with E-state index in [1.165, 1.54) is 154 Å². The molecule has 0 saturated heterocycles. The van der Waals surface area contributed by atoms with Gasteiger partial charge in [-0.2, -0.15) is 0 Å². The summed E-state index contributed by atoms with van der Waals surface area (Å²) in [7, 11) is 0. The van der Waals surface area contributed by atoms with Gasteiger partial charge in [0.2, 0.25) is 0 Å². The van der Waals surface area contributed by atoms with E-state index < -0.39 is 0 Å². The molecule has 0 aromatic heterocycles. The van der Waals surface area contributed by atoms with Crippen LogP contribution >= 0.6 is 0 Å². The summed E-state index contributed by atoms with van der Waals surface area (Å²) in [6.07, 6.45) is 0. The van der Waals surface area contributed by atoms with Gasteiger partial charge >= 0.3 is 0 Å². The van der Waals surface area contributed by atoms with Crippen LogP contribution in [0.4, 0.5) is 34.1 Å². The molecule has 3 aliphatic rings. The van der Waals surface area contributed by atoms with E-state index in [1.807, 2.05) is 0 Å². The zero-order valence-corrected chi connectivity index (χ0v) is 55.4. The molecule has 16 aromatic carbocycles. The molecule has 19 rings (SSSR count). The highest BCUT2D eigenvalue weighted by molar-refractivity contribution is 6.23. The number of para-hydroxylation sites is 2. The van der Waals surface area contributed by atoms with Gasteiger partial charge in [-0.1, -0.05) is 272 Å². The molecular weight excluding hydrogens is 1170 g/mol. The summed E-state index contributed by atoms with van der Waals surface area (Å²) in [5, 5.41) is 12.4. The monoisotopic (exact) mass is 1240 g/mol. The molecule has 0 aliphatic heterocycles. The fraction of sp³-hybridized carbons (Fsp3) is 0.0947. The van der Waals surface area contributed by atoms with E-state index in [1.54, 1.807) is 0 Å². The Kier molecular flexibility index (Phi) is 12.4. The standard InChI is InChI=1S/C95H70N2/c1-93(2)85-35-20-19-33-75(85)76-51-44-70(58-88(76)93)97(66-28-11-8-12-29-66)69-46-53-80-84(57-69)90(64-41-48-78-82-50-39-61-24-15-18-32-74(61)92(82)95(5,6)87(78)55-64)79-52-45-68(96(65-26-9-7-10-27-65)67-42-36-62(37-43-67)72-34-21-25-59-22-13-16-30-71(59)72)56-83(79)89(80)63-40-47-77-81-49-38-60-23-14-17-31-73(60)91(81)94(3,4)86(77)54-63/h7-58H,1-6H3. The van der Waals surface area contributed by atoms with Crippen LogP contribution in [0.1, 0.15) is 74.9 Å². The Labute approximate surface area is 567 Å². The van der Waals surface area contributed by atoms with Gasteiger partial charge in [-0.15, -0.1) is 0 Å². The summed E-state index contributed by atoms with van der Waals surface area (Å²) >= 11 is 0. The van der Waals surface area contributed by atoms with Crippen LogP contribution in [0, 0.1) is 0 Å². The van der Waals surface area contributed by atoms with Crippen molar-refractivity contribution in [1.82, 2.24) is 0 Å². The van der Waals surface area contributed by atoms with E-state index in [9.17, 15) is 0 Å². The molecule has 2 nitrogen and oxygen atoms in total. The second-order valence-electron chi connectivity index (χ2n) is 28.7. The smallest absolute Gasteiger partial charge is 0.0468 e. The fourth-order valence-electron chi connectivity index (χ4n) is 17.8. The third-order valence-corrected chi connectivity index (χ3v) is 22.3. The molecule has 0 radical (unpaired) electrons. The van der Waals surface area contributed by atoms with Crippen molar-refractivity contribution >= 4 is 88.0 Å². The van der Waals surface area contributed by atoms with E-state index in [0.29, 0.717) is 0 Å². The maximum atomic E-state index is 2.56. The first kappa shape index (κ1) is 56.9. The number of anilines is 6. The van der Waals surface area contributed by atoms with Gasteiger partial charge in [-0.05, 0) is 239 Å². The molecule has 0 atom stereocenters. The Morgan fingerprint density at radius 2 is 0.557 bits per heavy atom. The minimum Gasteiger partial charge on any atom is -0.310 e. The van der Waals surface area contributed by atoms with Crippen LogP contribution in [0.25, 0.3) is 121 Å². The van der Waals surface area contributed by atoms with Crippen molar-refractivity contribution in [2.75, 3.05) is 9.80 Å². The molecule has 97 heavy (non-hydrogen) atoms. The molecule has 0 amide bonds. The van der Waals surface area contributed by atoms with Gasteiger partial charge in [0.25, 0.3) is 0 Å². The lowest BCUT2D eigenvalue weighted by atomic mass is 9.78. The number of nitrogens with zero attached hydrogens (tertiary/aromatic N) is 2. The first-order chi connectivity index (χ1) is 47.4. The molecule has 0 spiro atoms. The Balaban J connectivity index is 0.889. The van der Waals surface area contributed by atoms with E-state index >= 15 is 0 Å². The number of benzene rings is 16. The summed E-state index contributed by atoms with van der Waals surface area (Å²) in [5.41, 5.74) is 29.1. The van der Waals surface area contributed by atoms with Crippen LogP contribution in [-0.2, 0) is 16.2 Å². The van der Waals surface area contributed by atoms with Gasteiger partial charge < -0.3 is 9.80 Å². The third kappa shape index (κ3) is 8.52. The lowest BCUT2D eigenvalue weighted by Gasteiger charge is -2.29. The highest BCUT2D eigenvalue weighted by Gasteiger charge is 2.40. The minimum atomic E-state index is -0.282. The second-order valence-corrected chi connectivity index (χ2v) is 28.7. The molecule has 0 heterocycles. The van der Waals surface area contributed by atoms with Gasteiger partial charge in [0.1, 0.15) is 0 Å². The average molecular weight is 1240 g/mol. The highest BCUT2D eigenvalue weighted by Crippen LogP contribution is 2.58. The van der Waals surface area contributed by atoms with E-state index in [0.717, 1.165) is 34.1 Å². The SMILES string of the molecule is CC1(C)c2ccccc2-c2ccc(N(c3ccccc3)c3ccc4c(-c5ccc6c(c5)C(C)(C)c5c-6ccc6ccccc56)c5cc(N(c6ccccc6)c6ccc(-c7cccc8ccccc78)cc6)ccc5c(-c5ccc6c(c5)C(C)(C)c5c-6ccc6ccccc56)c4c3)cc21. The number of hydrogen-bond acceptors (Lipinski definition) is 2. The normalized spacial score (nSPS) is 14.1. The second kappa shape index (κ2) is 21.2. The molecular formula is C95H70N2. The number of hydrogen-bond donors (Lipinski definition) is 0. The topological polar surface area (TPSA) is 6.48 Å². The zero-order valence-electron chi connectivity index (χ0n) is 55.4. The molecule has 3 aliphatic carbocycles. The summed E-state index contributed by atoms with van der Waals surface area (Å²) in [4.78, 5) is 4.94. The summed E-state index contributed by atoms with van der Waals surface area (Å²) < 4.78 is 0. The first-order valence-corrected chi connectivity index (χ1v) is 34.3. The largest absolute Gasteiger partial charge is 0.310 e. The maximum absolute atomic E-state index is 2.56. The van der Waals surface area contributed by atoms with E-state index in [-0.39, 0.29) is 16.2 Å². The Bertz CT molecular complexity index is 5960. The molecule has 16 aromatic rings. The molecule has 2 heteroatoms. The number of fused-ring (bicyclic) bond motifs is 16. The van der Waals surface area contributed by atoms with E-state index in [4.69, 9.17) is 0 Å². The van der Waals surface area contributed by atoms with Crippen LogP contribution in [0.5, 0.6) is 0 Å². The van der Waals surface area contributed by atoms with Crippen LogP contribution < -0.4 is 9.80 Å². The first-order valence-electron chi connectivity index (χ1n) is 34.3. The Hall–Kier alpha value is -11.6. The van der Waals surface area contributed by atoms with Crippen LogP contribution in [0.3, 0.4) is 0 Å². The Morgan fingerprint density at radius 3 is 1.11 bits per heavy atom. The van der Waals surface area contributed by atoms with Crippen molar-refractivity contribution in [3.05, 3.63) is 349 Å². The van der Waals surface area contributed by atoms with Crippen molar-refractivity contribution in [3.63, 3.8) is 0 Å². The minimum absolute atomic E-state index is 0.184. The third-order valence-electron chi connectivity index (χ3n) is 22.3. The van der Waals surface area contributed by atoms with Crippen molar-refractivity contribution in [2.45, 2.75) is 57.8 Å². The summed E-state index contributed by atoms with van der Waals surface area (Å²) in [6, 6.07) is 119. The van der Waals surface area contributed by atoms with Crippen molar-refractivity contribution in [1.29, 1.82) is 0 Å². The molecule has 0 N–H and O–H groups in total. The lowest BCUT2D eigenvalue weighted by Crippen LogP contribution is -2.16. The van der Waals surface area contributed by atoms with Gasteiger partial charge in [0.15, 0.2) is 0 Å². The van der Waals surface area contributed by atoms with Gasteiger partial charge in [-0.3, -0.25) is 0 Å². The zero-order chi connectivity index (χ0) is 65.1. The van der Waals surface area contributed by atoms with Crippen molar-refractivity contribution in [2.24, 2.45) is 0 Å². The quantitative estimate of drug-likeness (QED) is 0.133. The average Bonchev–Trinajstić information content (AvgIpc) is 1.67. The van der Waals surface area contributed by atoms with E-state index in [2.05, 4.69) is 367 Å². The predicted molar refractivity (Wildman–Crippen MR) is 412 cm³/mol. The lowest BCUT2D eigenvalue weighted by molar-refractivity contribution is 0.660. The highest BCUT2D eigenvalue weighted by atomic mass is 15.1. The summed E-state index contributed by atoms with van der Waals surface area (Å²) in [6.45, 7) is 14.5. The Morgan fingerprint density at radius 1 is 0.196 bits per heavy atom. The van der Waals surface area contributed by atoms with Crippen molar-refractivity contribution < 1.29 is 0 Å².